The Labute approximate surface area is 173 Å². The lowest BCUT2D eigenvalue weighted by molar-refractivity contribution is 0.1000. The molecule has 0 saturated carbocycles. The molecule has 0 saturated heterocycles. The van der Waals surface area contributed by atoms with Gasteiger partial charge in [0.1, 0.15) is 10.6 Å². The summed E-state index contributed by atoms with van der Waals surface area (Å²) in [4.78, 5) is 29.7. The van der Waals surface area contributed by atoms with Crippen LogP contribution in [0.25, 0.3) is 21.6 Å². The molecule has 0 unspecified atom stereocenters. The summed E-state index contributed by atoms with van der Waals surface area (Å²) in [5, 5.41) is 1.06. The van der Waals surface area contributed by atoms with Gasteiger partial charge in [-0.1, -0.05) is 12.1 Å². The van der Waals surface area contributed by atoms with Crippen LogP contribution in [0.4, 0.5) is 5.82 Å². The highest BCUT2D eigenvalue weighted by Crippen LogP contribution is 2.36. The van der Waals surface area contributed by atoms with Gasteiger partial charge < -0.3 is 10.6 Å². The molecule has 3 aromatic heterocycles. The third kappa shape index (κ3) is 3.69. The minimum atomic E-state index is -0.429. The number of aryl methyl sites for hydroxylation is 2. The number of benzene rings is 1. The van der Waals surface area contributed by atoms with E-state index < -0.39 is 5.91 Å². The van der Waals surface area contributed by atoms with Gasteiger partial charge >= 0.3 is 0 Å². The lowest BCUT2D eigenvalue weighted by Crippen LogP contribution is -2.19. The van der Waals surface area contributed by atoms with Gasteiger partial charge in [0.2, 0.25) is 5.91 Å². The van der Waals surface area contributed by atoms with E-state index in [1.807, 2.05) is 37.4 Å². The predicted octanol–water partition coefficient (Wildman–Crippen LogP) is 4.11. The van der Waals surface area contributed by atoms with E-state index in [1.54, 1.807) is 29.8 Å². The van der Waals surface area contributed by atoms with Crippen LogP contribution in [0.2, 0.25) is 0 Å². The summed E-state index contributed by atoms with van der Waals surface area (Å²) >= 11 is 1.67. The summed E-state index contributed by atoms with van der Waals surface area (Å²) in [5.41, 5.74) is 8.99. The molecule has 4 rings (SSSR count). The fourth-order valence-corrected chi connectivity index (χ4v) is 4.32. The largest absolute Gasteiger partial charge is 0.366 e. The first-order chi connectivity index (χ1) is 13.9. The molecule has 0 atom stereocenters. The van der Waals surface area contributed by atoms with Gasteiger partial charge in [-0.15, -0.1) is 11.3 Å². The lowest BCUT2D eigenvalue weighted by atomic mass is 10.1. The monoisotopic (exact) mass is 403 g/mol. The number of carbonyl (C=O) groups excluding carboxylic acids is 1. The topological polar surface area (TPSA) is 85.0 Å². The first-order valence-electron chi connectivity index (χ1n) is 9.22. The molecule has 7 heteroatoms. The van der Waals surface area contributed by atoms with Crippen LogP contribution in [0.5, 0.6) is 0 Å². The number of hydrogen-bond donors (Lipinski definition) is 1. The number of hydrogen-bond acceptors (Lipinski definition) is 6. The minimum absolute atomic E-state index is 0.429. The summed E-state index contributed by atoms with van der Waals surface area (Å²) < 4.78 is 0. The second kappa shape index (κ2) is 7.60. The van der Waals surface area contributed by atoms with Crippen molar-refractivity contribution in [3.63, 3.8) is 0 Å². The number of fused-ring (bicyclic) bond motifs is 1. The van der Waals surface area contributed by atoms with E-state index in [1.165, 1.54) is 10.4 Å². The normalized spacial score (nSPS) is 11.0. The summed E-state index contributed by atoms with van der Waals surface area (Å²) in [6.07, 6.45) is 3.51. The number of thiophene rings is 1. The van der Waals surface area contributed by atoms with E-state index in [2.05, 4.69) is 23.7 Å². The standard InChI is InChI=1S/C22H21N5OS/c1-13-14(2)29-22-18(13)21(25-20(26-22)17-8-5-9-24-11-17)27(3)12-15-6-4-7-16(10-15)19(23)28/h4-11H,12H2,1-3H3,(H2,23,28). The number of carbonyl (C=O) groups is 1. The van der Waals surface area contributed by atoms with Crippen LogP contribution in [-0.2, 0) is 6.54 Å². The predicted molar refractivity (Wildman–Crippen MR) is 117 cm³/mol. The van der Waals surface area contributed by atoms with Crippen molar-refractivity contribution >= 4 is 33.3 Å². The van der Waals surface area contributed by atoms with E-state index in [0.29, 0.717) is 17.9 Å². The maximum atomic E-state index is 11.5. The van der Waals surface area contributed by atoms with Gasteiger partial charge in [-0.2, -0.15) is 0 Å². The van der Waals surface area contributed by atoms with Gasteiger partial charge in [0.15, 0.2) is 5.82 Å². The molecule has 1 amide bonds. The lowest BCUT2D eigenvalue weighted by Gasteiger charge is -2.20. The smallest absolute Gasteiger partial charge is 0.248 e. The van der Waals surface area contributed by atoms with Crippen LogP contribution < -0.4 is 10.6 Å². The quantitative estimate of drug-likeness (QED) is 0.542. The maximum absolute atomic E-state index is 11.5. The molecule has 6 nitrogen and oxygen atoms in total. The average molecular weight is 404 g/mol. The fourth-order valence-electron chi connectivity index (χ4n) is 3.30. The van der Waals surface area contributed by atoms with E-state index in [4.69, 9.17) is 15.7 Å². The van der Waals surface area contributed by atoms with Crippen LogP contribution in [0, 0.1) is 13.8 Å². The molecule has 29 heavy (non-hydrogen) atoms. The molecular formula is C22H21N5OS. The average Bonchev–Trinajstić information content (AvgIpc) is 3.02. The van der Waals surface area contributed by atoms with Crippen LogP contribution >= 0.6 is 11.3 Å². The van der Waals surface area contributed by atoms with Crippen molar-refractivity contribution in [2.45, 2.75) is 20.4 Å². The first kappa shape index (κ1) is 19.0. The number of aromatic nitrogens is 3. The van der Waals surface area contributed by atoms with Gasteiger partial charge in [-0.3, -0.25) is 9.78 Å². The van der Waals surface area contributed by atoms with Crippen LogP contribution in [0.1, 0.15) is 26.4 Å². The van der Waals surface area contributed by atoms with Crippen molar-refractivity contribution < 1.29 is 4.79 Å². The molecule has 0 fully saturated rings. The highest BCUT2D eigenvalue weighted by atomic mass is 32.1. The number of pyridine rings is 1. The van der Waals surface area contributed by atoms with E-state index >= 15 is 0 Å². The Morgan fingerprint density at radius 1 is 1.17 bits per heavy atom. The highest BCUT2D eigenvalue weighted by Gasteiger charge is 2.18. The van der Waals surface area contributed by atoms with Gasteiger partial charge in [-0.05, 0) is 49.2 Å². The second-order valence-corrected chi connectivity index (χ2v) is 8.20. The van der Waals surface area contributed by atoms with Crippen molar-refractivity contribution in [1.82, 2.24) is 15.0 Å². The molecule has 0 spiro atoms. The Morgan fingerprint density at radius 2 is 2.00 bits per heavy atom. The highest BCUT2D eigenvalue weighted by molar-refractivity contribution is 7.18. The van der Waals surface area contributed by atoms with Crippen molar-refractivity contribution in [1.29, 1.82) is 0 Å². The number of anilines is 1. The summed E-state index contributed by atoms with van der Waals surface area (Å²) in [6, 6.07) is 11.2. The molecule has 1 aromatic carbocycles. The third-order valence-corrected chi connectivity index (χ3v) is 6.02. The van der Waals surface area contributed by atoms with Crippen LogP contribution in [0.3, 0.4) is 0 Å². The zero-order chi connectivity index (χ0) is 20.5. The molecule has 0 aliphatic carbocycles. The molecule has 4 aromatic rings. The molecule has 3 heterocycles. The van der Waals surface area contributed by atoms with Gasteiger partial charge in [-0.25, -0.2) is 9.97 Å². The SMILES string of the molecule is Cc1sc2nc(-c3cccnc3)nc(N(C)Cc3cccc(C(N)=O)c3)c2c1C. The molecule has 2 N–H and O–H groups in total. The third-order valence-electron chi connectivity index (χ3n) is 4.92. The number of primary amides is 1. The van der Waals surface area contributed by atoms with E-state index in [9.17, 15) is 4.79 Å². The Hall–Kier alpha value is -3.32. The summed E-state index contributed by atoms with van der Waals surface area (Å²) in [7, 11) is 2.00. The van der Waals surface area contributed by atoms with Crippen molar-refractivity contribution in [3.05, 3.63) is 70.4 Å². The van der Waals surface area contributed by atoms with Crippen molar-refractivity contribution in [2.24, 2.45) is 5.73 Å². The van der Waals surface area contributed by atoms with Crippen LogP contribution in [0.15, 0.2) is 48.8 Å². The zero-order valence-corrected chi connectivity index (χ0v) is 17.3. The molecular weight excluding hydrogens is 382 g/mol. The van der Waals surface area contributed by atoms with Crippen LogP contribution in [-0.4, -0.2) is 27.9 Å². The molecule has 0 bridgehead atoms. The van der Waals surface area contributed by atoms with E-state index in [-0.39, 0.29) is 0 Å². The Kier molecular flexibility index (Phi) is 4.98. The maximum Gasteiger partial charge on any atom is 0.248 e. The Balaban J connectivity index is 1.81. The summed E-state index contributed by atoms with van der Waals surface area (Å²) in [5.74, 6) is 1.09. The van der Waals surface area contributed by atoms with Gasteiger partial charge in [0.05, 0.1) is 5.39 Å². The Bertz CT molecular complexity index is 1200. The van der Waals surface area contributed by atoms with Crippen molar-refractivity contribution in [3.8, 4) is 11.4 Å². The zero-order valence-electron chi connectivity index (χ0n) is 16.5. The molecule has 0 aliphatic rings. The van der Waals surface area contributed by atoms with E-state index in [0.717, 1.165) is 27.2 Å². The molecule has 0 aliphatic heterocycles. The molecule has 146 valence electrons. The molecule has 0 radical (unpaired) electrons. The van der Waals surface area contributed by atoms with Gasteiger partial charge in [0, 0.05) is 42.0 Å². The number of amides is 1. The first-order valence-corrected chi connectivity index (χ1v) is 10.0. The number of rotatable bonds is 5. The number of nitrogens with zero attached hydrogens (tertiary/aromatic N) is 4. The van der Waals surface area contributed by atoms with Crippen molar-refractivity contribution in [2.75, 3.05) is 11.9 Å². The Morgan fingerprint density at radius 3 is 2.72 bits per heavy atom. The fraction of sp³-hybridized carbons (Fsp3) is 0.182. The van der Waals surface area contributed by atoms with Gasteiger partial charge in [0.25, 0.3) is 0 Å². The summed E-state index contributed by atoms with van der Waals surface area (Å²) in [6.45, 7) is 4.80. The number of nitrogens with two attached hydrogens (primary N) is 1. The minimum Gasteiger partial charge on any atom is -0.366 e. The second-order valence-electron chi connectivity index (χ2n) is 7.00.